The molecule has 1 heterocycles. The third-order valence-electron chi connectivity index (χ3n) is 1.24. The summed E-state index contributed by atoms with van der Waals surface area (Å²) in [5.41, 5.74) is 0.392. The lowest BCUT2D eigenvalue weighted by Gasteiger charge is -1.90. The Hall–Kier alpha value is -1.32. The quantitative estimate of drug-likeness (QED) is 0.688. The summed E-state index contributed by atoms with van der Waals surface area (Å²) in [6.07, 6.45) is 0. The molecule has 78 valence electrons. The first-order chi connectivity index (χ1) is 7.09. The SMILES string of the molecule is CC(=O)SCC#Cc1csc(C(=O)[O-])n1. The van der Waals surface area contributed by atoms with Gasteiger partial charge in [0.05, 0.1) is 5.75 Å². The molecule has 4 nitrogen and oxygen atoms in total. The predicted molar refractivity (Wildman–Crippen MR) is 56.5 cm³/mol. The lowest BCUT2D eigenvalue weighted by molar-refractivity contribution is -0.255. The van der Waals surface area contributed by atoms with E-state index in [0.29, 0.717) is 11.4 Å². The Bertz CT molecular complexity index is 442. The van der Waals surface area contributed by atoms with Crippen molar-refractivity contribution < 1.29 is 14.7 Å². The third kappa shape index (κ3) is 4.14. The van der Waals surface area contributed by atoms with Crippen molar-refractivity contribution in [2.75, 3.05) is 5.75 Å². The Morgan fingerprint density at radius 3 is 2.93 bits per heavy atom. The molecule has 0 bridgehead atoms. The van der Waals surface area contributed by atoms with E-state index in [1.165, 1.54) is 12.3 Å². The van der Waals surface area contributed by atoms with Crippen molar-refractivity contribution >= 4 is 34.2 Å². The topological polar surface area (TPSA) is 70.1 Å². The summed E-state index contributed by atoms with van der Waals surface area (Å²) in [4.78, 5) is 24.6. The van der Waals surface area contributed by atoms with E-state index >= 15 is 0 Å². The van der Waals surface area contributed by atoms with Crippen LogP contribution in [-0.4, -0.2) is 21.8 Å². The molecule has 1 rings (SSSR count). The molecule has 0 spiro atoms. The van der Waals surface area contributed by atoms with Crippen LogP contribution in [0, 0.1) is 11.8 Å². The van der Waals surface area contributed by atoms with Gasteiger partial charge in [-0.3, -0.25) is 4.79 Å². The number of carboxylic acid groups (broad SMARTS) is 1. The minimum absolute atomic E-state index is 0.00185. The van der Waals surface area contributed by atoms with E-state index < -0.39 is 5.97 Å². The molecule has 0 aliphatic carbocycles. The van der Waals surface area contributed by atoms with Gasteiger partial charge in [-0.1, -0.05) is 17.7 Å². The number of aromatic nitrogens is 1. The maximum Gasteiger partial charge on any atom is 0.186 e. The maximum atomic E-state index is 10.5. The number of thioether (sulfide) groups is 1. The molecular formula is C9H6NO3S2-. The molecule has 15 heavy (non-hydrogen) atoms. The fourth-order valence-corrected chi connectivity index (χ4v) is 1.62. The van der Waals surface area contributed by atoms with Crippen LogP contribution < -0.4 is 5.11 Å². The predicted octanol–water partition coefficient (Wildman–Crippen LogP) is 0.138. The van der Waals surface area contributed by atoms with Crippen molar-refractivity contribution in [3.05, 3.63) is 16.1 Å². The molecule has 0 radical (unpaired) electrons. The van der Waals surface area contributed by atoms with Crippen LogP contribution in [-0.2, 0) is 4.79 Å². The molecule has 0 atom stereocenters. The zero-order valence-electron chi connectivity index (χ0n) is 7.77. The summed E-state index contributed by atoms with van der Waals surface area (Å²) in [6.45, 7) is 1.46. The third-order valence-corrected chi connectivity index (χ3v) is 2.76. The van der Waals surface area contributed by atoms with Crippen LogP contribution in [0.4, 0.5) is 0 Å². The van der Waals surface area contributed by atoms with E-state index in [-0.39, 0.29) is 10.1 Å². The van der Waals surface area contributed by atoms with Crippen molar-refractivity contribution in [1.29, 1.82) is 0 Å². The average molecular weight is 240 g/mol. The van der Waals surface area contributed by atoms with Gasteiger partial charge in [0.1, 0.15) is 16.7 Å². The van der Waals surface area contributed by atoms with Gasteiger partial charge in [0.15, 0.2) is 5.12 Å². The van der Waals surface area contributed by atoms with Gasteiger partial charge >= 0.3 is 0 Å². The molecule has 1 aromatic rings. The molecule has 0 saturated heterocycles. The maximum absolute atomic E-state index is 10.5. The standard InChI is InChI=1S/C9H7NO3S2/c1-6(11)14-4-2-3-7-5-15-8(10-7)9(12)13/h5H,4H2,1H3,(H,12,13)/p-1. The number of hydrogen-bond acceptors (Lipinski definition) is 6. The highest BCUT2D eigenvalue weighted by Crippen LogP contribution is 2.07. The van der Waals surface area contributed by atoms with Gasteiger partial charge in [-0.2, -0.15) is 0 Å². The van der Waals surface area contributed by atoms with Crippen molar-refractivity contribution in [1.82, 2.24) is 4.98 Å². The molecular weight excluding hydrogens is 234 g/mol. The van der Waals surface area contributed by atoms with Gasteiger partial charge in [-0.15, -0.1) is 11.3 Å². The van der Waals surface area contributed by atoms with Gasteiger partial charge in [0, 0.05) is 12.3 Å². The van der Waals surface area contributed by atoms with E-state index in [4.69, 9.17) is 0 Å². The summed E-state index contributed by atoms with van der Waals surface area (Å²) in [7, 11) is 0. The van der Waals surface area contributed by atoms with Crippen molar-refractivity contribution in [3.8, 4) is 11.8 Å². The molecule has 0 aromatic carbocycles. The number of carbonyl (C=O) groups excluding carboxylic acids is 2. The average Bonchev–Trinajstić information content (AvgIpc) is 2.60. The first kappa shape index (κ1) is 11.8. The highest BCUT2D eigenvalue weighted by atomic mass is 32.2. The van der Waals surface area contributed by atoms with Gasteiger partial charge in [-0.25, -0.2) is 4.98 Å². The lowest BCUT2D eigenvalue weighted by atomic mass is 10.5. The molecule has 0 aliphatic heterocycles. The van der Waals surface area contributed by atoms with Crippen molar-refractivity contribution in [2.45, 2.75) is 6.92 Å². The van der Waals surface area contributed by atoms with Crippen molar-refractivity contribution in [3.63, 3.8) is 0 Å². The van der Waals surface area contributed by atoms with Crippen molar-refractivity contribution in [2.24, 2.45) is 0 Å². The monoisotopic (exact) mass is 240 g/mol. The summed E-state index contributed by atoms with van der Waals surface area (Å²) in [6, 6.07) is 0. The summed E-state index contributed by atoms with van der Waals surface area (Å²) in [5, 5.41) is 11.8. The number of nitrogens with zero attached hydrogens (tertiary/aromatic N) is 1. The molecule has 0 aliphatic rings. The Morgan fingerprint density at radius 2 is 2.40 bits per heavy atom. The largest absolute Gasteiger partial charge is 0.542 e. The fourth-order valence-electron chi connectivity index (χ4n) is 0.689. The Labute approximate surface area is 94.7 Å². The number of carbonyl (C=O) groups is 2. The van der Waals surface area contributed by atoms with Crippen LogP contribution in [0.1, 0.15) is 22.4 Å². The van der Waals surface area contributed by atoms with Gasteiger partial charge in [0.25, 0.3) is 0 Å². The van der Waals surface area contributed by atoms with E-state index in [2.05, 4.69) is 16.8 Å². The van der Waals surface area contributed by atoms with E-state index in [9.17, 15) is 14.7 Å². The molecule has 0 unspecified atom stereocenters. The molecule has 0 amide bonds. The number of aromatic carboxylic acids is 1. The number of thiazole rings is 1. The zero-order valence-corrected chi connectivity index (χ0v) is 9.41. The summed E-state index contributed by atoms with van der Waals surface area (Å²) in [5.74, 6) is 4.45. The molecule has 0 fully saturated rings. The summed E-state index contributed by atoms with van der Waals surface area (Å²) >= 11 is 2.07. The Morgan fingerprint density at radius 1 is 1.67 bits per heavy atom. The van der Waals surface area contributed by atoms with E-state index in [0.717, 1.165) is 23.1 Å². The van der Waals surface area contributed by atoms with Gasteiger partial charge < -0.3 is 9.90 Å². The van der Waals surface area contributed by atoms with Crippen LogP contribution >= 0.6 is 23.1 Å². The second-order valence-electron chi connectivity index (χ2n) is 2.41. The highest BCUT2D eigenvalue weighted by molar-refractivity contribution is 8.13. The second-order valence-corrected chi connectivity index (χ2v) is 4.42. The Kier molecular flexibility index (Phi) is 4.34. The first-order valence-electron chi connectivity index (χ1n) is 3.88. The van der Waals surface area contributed by atoms with Crippen LogP contribution in [0.5, 0.6) is 0 Å². The number of carboxylic acids is 1. The molecule has 6 heteroatoms. The van der Waals surface area contributed by atoms with Gasteiger partial charge in [0.2, 0.25) is 0 Å². The molecule has 1 aromatic heterocycles. The lowest BCUT2D eigenvalue weighted by Crippen LogP contribution is -2.21. The highest BCUT2D eigenvalue weighted by Gasteiger charge is 1.99. The van der Waals surface area contributed by atoms with Gasteiger partial charge in [-0.05, 0) is 5.92 Å². The second kappa shape index (κ2) is 5.53. The fraction of sp³-hybridized carbons (Fsp3) is 0.222. The summed E-state index contributed by atoms with van der Waals surface area (Å²) < 4.78 is 0. The minimum Gasteiger partial charge on any atom is -0.542 e. The van der Waals surface area contributed by atoms with Crippen LogP contribution in [0.25, 0.3) is 0 Å². The van der Waals surface area contributed by atoms with E-state index in [1.807, 2.05) is 0 Å². The normalized spacial score (nSPS) is 9.13. The van der Waals surface area contributed by atoms with Crippen LogP contribution in [0.2, 0.25) is 0 Å². The Balaban J connectivity index is 2.56. The minimum atomic E-state index is -1.30. The van der Waals surface area contributed by atoms with Crippen LogP contribution in [0.3, 0.4) is 0 Å². The smallest absolute Gasteiger partial charge is 0.186 e. The molecule has 0 N–H and O–H groups in total. The number of hydrogen-bond donors (Lipinski definition) is 0. The van der Waals surface area contributed by atoms with Crippen LogP contribution in [0.15, 0.2) is 5.38 Å². The zero-order chi connectivity index (χ0) is 11.3. The number of rotatable bonds is 2. The first-order valence-corrected chi connectivity index (χ1v) is 5.75. The van der Waals surface area contributed by atoms with E-state index in [1.54, 1.807) is 0 Å². The molecule has 0 saturated carbocycles.